The van der Waals surface area contributed by atoms with Crippen LogP contribution in [-0.4, -0.2) is 104 Å². The van der Waals surface area contributed by atoms with E-state index >= 15 is 0 Å². The molecule has 3 aliphatic carbocycles. The standard InChI is InChI=1S/C43H51NO13/c1-8-22(2)37(50)44-31(25-15-11-9-12-16-25)33(48)39(52)55-27-20-43(53)36(56-38(51)26-17-13-10-14-18-26)34-41(7,35(49)32(47)30(23(27)3)40(43,5)6)28(46)19-29-42(34,21-54-29)57-24(4)45/h8-18,27-29,31-34,36,46-48,53H,19-21H2,1-7H3,(H,44,50)/t27?,28?,29?,31?,32?,33?,34?,36?,41-,42+,43+/m1/s1. The van der Waals surface area contributed by atoms with E-state index in [1.807, 2.05) is 0 Å². The molecule has 1 amide bonds. The Balaban J connectivity index is 1.50. The largest absolute Gasteiger partial charge is 0.456 e. The number of Topliss-reactive ketones (excluding diaryl/α,β-unsaturated/α-hetero) is 1. The van der Waals surface area contributed by atoms with Crippen LogP contribution in [0.5, 0.6) is 0 Å². The Bertz CT molecular complexity index is 1990. The van der Waals surface area contributed by atoms with Gasteiger partial charge in [-0.25, -0.2) is 9.59 Å². The fraction of sp³-hybridized carbons (Fsp3) is 0.512. The van der Waals surface area contributed by atoms with Crippen LogP contribution in [-0.2, 0) is 38.1 Å². The van der Waals surface area contributed by atoms with E-state index in [1.165, 1.54) is 26.0 Å². The number of rotatable bonds is 9. The van der Waals surface area contributed by atoms with Gasteiger partial charge in [0.05, 0.1) is 35.6 Å². The SMILES string of the molecule is CC=C(C)C(=O)NC(c1ccccc1)C(O)C(=O)OC1C[C@]2(O)C(OC(=O)c3ccccc3)C3[C@]4(OC(C)=O)COC4CC(O)[C@@]3(C)C(=O)C(O)C(=C1C)C2(C)C. The van der Waals surface area contributed by atoms with Crippen molar-refractivity contribution >= 4 is 29.6 Å². The molecular formula is C43H51NO13. The first-order chi connectivity index (χ1) is 26.8. The third kappa shape index (κ3) is 6.70. The fourth-order valence-electron chi connectivity index (χ4n) is 9.51. The van der Waals surface area contributed by atoms with E-state index < -0.39 is 107 Å². The topological polar surface area (TPSA) is 215 Å². The first-order valence-electron chi connectivity index (χ1n) is 19.0. The lowest BCUT2D eigenvalue weighted by Crippen LogP contribution is -2.81. The van der Waals surface area contributed by atoms with Gasteiger partial charge >= 0.3 is 17.9 Å². The molecule has 0 spiro atoms. The van der Waals surface area contributed by atoms with Crippen LogP contribution in [0, 0.1) is 16.7 Å². The quantitative estimate of drug-likeness (QED) is 0.107. The lowest BCUT2D eigenvalue weighted by atomic mass is 9.44. The van der Waals surface area contributed by atoms with Crippen molar-refractivity contribution in [3.63, 3.8) is 0 Å². The van der Waals surface area contributed by atoms with Gasteiger partial charge in [0.25, 0.3) is 0 Å². The van der Waals surface area contributed by atoms with Gasteiger partial charge in [-0.15, -0.1) is 0 Å². The highest BCUT2D eigenvalue weighted by Crippen LogP contribution is 2.64. The third-order valence-electron chi connectivity index (χ3n) is 13.0. The number of hydrogen-bond acceptors (Lipinski definition) is 13. The molecule has 3 fully saturated rings. The summed E-state index contributed by atoms with van der Waals surface area (Å²) in [6, 6.07) is 14.9. The van der Waals surface area contributed by atoms with Crippen molar-refractivity contribution in [1.29, 1.82) is 0 Å². The fourth-order valence-corrected chi connectivity index (χ4v) is 9.51. The number of fused-ring (bicyclic) bond motifs is 5. The minimum atomic E-state index is -2.34. The number of amides is 1. The van der Waals surface area contributed by atoms with Crippen LogP contribution >= 0.6 is 0 Å². The van der Waals surface area contributed by atoms with Gasteiger partial charge in [0.2, 0.25) is 5.91 Å². The van der Waals surface area contributed by atoms with Crippen molar-refractivity contribution in [3.05, 3.63) is 94.6 Å². The maximum atomic E-state index is 14.9. The van der Waals surface area contributed by atoms with Gasteiger partial charge in [-0.3, -0.25) is 14.4 Å². The predicted octanol–water partition coefficient (Wildman–Crippen LogP) is 2.82. The van der Waals surface area contributed by atoms with E-state index in [0.717, 1.165) is 6.92 Å². The number of allylic oxidation sites excluding steroid dienone is 1. The van der Waals surface area contributed by atoms with E-state index in [2.05, 4.69) is 5.32 Å². The Morgan fingerprint density at radius 1 is 0.965 bits per heavy atom. The Morgan fingerprint density at radius 2 is 1.58 bits per heavy atom. The molecule has 14 nitrogen and oxygen atoms in total. The van der Waals surface area contributed by atoms with E-state index in [0.29, 0.717) is 11.1 Å². The van der Waals surface area contributed by atoms with Crippen molar-refractivity contribution < 1.29 is 63.3 Å². The second-order valence-corrected chi connectivity index (χ2v) is 16.4. The van der Waals surface area contributed by atoms with Crippen LogP contribution in [0.15, 0.2) is 83.5 Å². The molecule has 1 heterocycles. The summed E-state index contributed by atoms with van der Waals surface area (Å²) in [7, 11) is 0. The number of aliphatic hydroxyl groups excluding tert-OH is 3. The number of carbonyl (C=O) groups excluding carboxylic acids is 5. The van der Waals surface area contributed by atoms with E-state index in [1.54, 1.807) is 82.3 Å². The van der Waals surface area contributed by atoms with Crippen LogP contribution in [0.4, 0.5) is 0 Å². The molecule has 8 unspecified atom stereocenters. The molecule has 4 aliphatic rings. The molecule has 6 rings (SSSR count). The van der Waals surface area contributed by atoms with Crippen molar-refractivity contribution in [2.24, 2.45) is 16.7 Å². The molecule has 0 aromatic heterocycles. The summed E-state index contributed by atoms with van der Waals surface area (Å²) in [4.78, 5) is 68.9. The van der Waals surface area contributed by atoms with Gasteiger partial charge < -0.3 is 44.7 Å². The average molecular weight is 790 g/mol. The number of hydrogen-bond donors (Lipinski definition) is 5. The molecule has 2 bridgehead atoms. The molecule has 1 aliphatic heterocycles. The smallest absolute Gasteiger partial charge is 0.338 e. The van der Waals surface area contributed by atoms with Crippen molar-refractivity contribution in [1.82, 2.24) is 5.32 Å². The number of esters is 3. The Labute approximate surface area is 330 Å². The normalized spacial score (nSPS) is 34.2. The van der Waals surface area contributed by atoms with Gasteiger partial charge in [-0.2, -0.15) is 0 Å². The number of aliphatic hydroxyl groups is 4. The molecule has 2 aromatic rings. The molecule has 14 heteroatoms. The first-order valence-corrected chi connectivity index (χ1v) is 19.0. The van der Waals surface area contributed by atoms with Crippen molar-refractivity contribution in [3.8, 4) is 0 Å². The van der Waals surface area contributed by atoms with Gasteiger partial charge in [0, 0.05) is 30.8 Å². The van der Waals surface area contributed by atoms with Gasteiger partial charge in [0.1, 0.15) is 30.0 Å². The monoisotopic (exact) mass is 789 g/mol. The average Bonchev–Trinajstić information content (AvgIpc) is 3.18. The Kier molecular flexibility index (Phi) is 11.2. The van der Waals surface area contributed by atoms with E-state index in [-0.39, 0.29) is 29.7 Å². The maximum Gasteiger partial charge on any atom is 0.338 e. The maximum absolute atomic E-state index is 14.9. The van der Waals surface area contributed by atoms with E-state index in [4.69, 9.17) is 18.9 Å². The van der Waals surface area contributed by atoms with E-state index in [9.17, 15) is 44.4 Å². The highest BCUT2D eigenvalue weighted by atomic mass is 16.6. The van der Waals surface area contributed by atoms with Gasteiger partial charge in [-0.05, 0) is 56.5 Å². The third-order valence-corrected chi connectivity index (χ3v) is 13.0. The summed E-state index contributed by atoms with van der Waals surface area (Å²) >= 11 is 0. The van der Waals surface area contributed by atoms with Crippen LogP contribution in [0.2, 0.25) is 0 Å². The number of carbonyl (C=O) groups is 5. The van der Waals surface area contributed by atoms with Crippen molar-refractivity contribution in [2.45, 2.75) is 115 Å². The molecule has 2 aromatic carbocycles. The number of ether oxygens (including phenoxy) is 4. The molecular weight excluding hydrogens is 738 g/mol. The highest BCUT2D eigenvalue weighted by Gasteiger charge is 2.78. The van der Waals surface area contributed by atoms with Crippen molar-refractivity contribution in [2.75, 3.05) is 6.61 Å². The van der Waals surface area contributed by atoms with Crippen LogP contribution in [0.3, 0.4) is 0 Å². The van der Waals surface area contributed by atoms with Crippen LogP contribution < -0.4 is 5.32 Å². The molecule has 0 radical (unpaired) electrons. The molecule has 11 atom stereocenters. The molecule has 306 valence electrons. The Hall–Kier alpha value is -4.73. The highest BCUT2D eigenvalue weighted by molar-refractivity contribution is 5.95. The van der Waals surface area contributed by atoms with Gasteiger partial charge in [0.15, 0.2) is 17.5 Å². The lowest BCUT2D eigenvalue weighted by molar-refractivity contribution is -0.346. The summed E-state index contributed by atoms with van der Waals surface area (Å²) in [6.07, 6.45) is -8.83. The second kappa shape index (κ2) is 15.2. The zero-order valence-electron chi connectivity index (χ0n) is 33.1. The minimum Gasteiger partial charge on any atom is -0.456 e. The lowest BCUT2D eigenvalue weighted by Gasteiger charge is -2.67. The minimum absolute atomic E-state index is 0.0497. The van der Waals surface area contributed by atoms with Crippen LogP contribution in [0.25, 0.3) is 0 Å². The summed E-state index contributed by atoms with van der Waals surface area (Å²) in [5.41, 5.74) is -6.75. The van der Waals surface area contributed by atoms with Crippen LogP contribution in [0.1, 0.15) is 83.3 Å². The zero-order valence-corrected chi connectivity index (χ0v) is 33.1. The number of nitrogens with one attached hydrogen (secondary N) is 1. The summed E-state index contributed by atoms with van der Waals surface area (Å²) in [6.45, 7) is 10.1. The number of ketones is 1. The molecule has 5 N–H and O–H groups in total. The predicted molar refractivity (Wildman–Crippen MR) is 202 cm³/mol. The molecule has 57 heavy (non-hydrogen) atoms. The summed E-state index contributed by atoms with van der Waals surface area (Å²) < 4.78 is 24.1. The molecule has 1 saturated heterocycles. The Morgan fingerprint density at radius 3 is 2.14 bits per heavy atom. The first kappa shape index (κ1) is 41.9. The number of benzene rings is 2. The summed E-state index contributed by atoms with van der Waals surface area (Å²) in [5.74, 6) is -5.84. The van der Waals surface area contributed by atoms with Gasteiger partial charge in [-0.1, -0.05) is 68.5 Å². The molecule has 2 saturated carbocycles. The summed E-state index contributed by atoms with van der Waals surface area (Å²) in [5, 5.41) is 51.7. The second-order valence-electron chi connectivity index (χ2n) is 16.4. The zero-order chi connectivity index (χ0) is 41.8.